The van der Waals surface area contributed by atoms with Gasteiger partial charge in [-0.1, -0.05) is 18.2 Å². The molecular weight excluding hydrogens is 364 g/mol. The lowest BCUT2D eigenvalue weighted by Crippen LogP contribution is -2.18. The first kappa shape index (κ1) is 19.1. The molecule has 144 valence electrons. The van der Waals surface area contributed by atoms with E-state index in [0.717, 1.165) is 0 Å². The number of fused-ring (bicyclic) bond motifs is 1. The molecule has 0 radical (unpaired) electrons. The summed E-state index contributed by atoms with van der Waals surface area (Å²) in [6.07, 6.45) is -0.181. The lowest BCUT2D eigenvalue weighted by molar-refractivity contribution is -0.141. The smallest absolute Gasteiger partial charge is 0.312 e. The first-order valence-electron chi connectivity index (χ1n) is 8.40. The molecule has 0 aliphatic carbocycles. The van der Waals surface area contributed by atoms with Gasteiger partial charge in [0.2, 0.25) is 5.78 Å². The molecule has 3 rings (SSSR count). The van der Waals surface area contributed by atoms with Gasteiger partial charge in [-0.3, -0.25) is 14.4 Å². The van der Waals surface area contributed by atoms with Crippen LogP contribution in [0.25, 0.3) is 10.8 Å². The van der Waals surface area contributed by atoms with Crippen LogP contribution in [0.15, 0.2) is 47.3 Å². The fraction of sp³-hybridized carbons (Fsp3) is 0.200. The maximum Gasteiger partial charge on any atom is 0.312 e. The van der Waals surface area contributed by atoms with Crippen molar-refractivity contribution in [3.05, 3.63) is 64.1 Å². The molecule has 0 spiro atoms. The minimum atomic E-state index is -0.639. The van der Waals surface area contributed by atoms with E-state index in [0.29, 0.717) is 28.0 Å². The van der Waals surface area contributed by atoms with Crippen LogP contribution in [0.3, 0.4) is 0 Å². The van der Waals surface area contributed by atoms with Crippen molar-refractivity contribution in [1.29, 1.82) is 0 Å². The van der Waals surface area contributed by atoms with E-state index in [9.17, 15) is 14.4 Å². The lowest BCUT2D eigenvalue weighted by Gasteiger charge is -2.10. The number of nitrogens with zero attached hydrogens (tertiary/aromatic N) is 1. The molecule has 8 nitrogen and oxygen atoms in total. The summed E-state index contributed by atoms with van der Waals surface area (Å²) in [5.41, 5.74) is 0.280. The van der Waals surface area contributed by atoms with Crippen LogP contribution >= 0.6 is 0 Å². The van der Waals surface area contributed by atoms with E-state index in [2.05, 4.69) is 10.2 Å². The summed E-state index contributed by atoms with van der Waals surface area (Å²) < 4.78 is 15.4. The van der Waals surface area contributed by atoms with Crippen LogP contribution in [-0.2, 0) is 16.0 Å². The van der Waals surface area contributed by atoms with Gasteiger partial charge in [0, 0.05) is 5.39 Å². The zero-order valence-corrected chi connectivity index (χ0v) is 15.4. The molecule has 0 saturated carbocycles. The molecule has 2 aromatic carbocycles. The van der Waals surface area contributed by atoms with Crippen LogP contribution < -0.4 is 15.0 Å². The molecule has 1 N–H and O–H groups in total. The number of hydrogen-bond donors (Lipinski definition) is 1. The maximum absolute atomic E-state index is 12.4. The van der Waals surface area contributed by atoms with Crippen molar-refractivity contribution in [2.75, 3.05) is 20.8 Å². The number of ether oxygens (including phenoxy) is 3. The Morgan fingerprint density at radius 2 is 1.79 bits per heavy atom. The number of methoxy groups -OCH3 is 2. The van der Waals surface area contributed by atoms with Crippen LogP contribution in [0, 0.1) is 0 Å². The Labute approximate surface area is 160 Å². The Kier molecular flexibility index (Phi) is 5.69. The van der Waals surface area contributed by atoms with Crippen molar-refractivity contribution in [1.82, 2.24) is 10.2 Å². The van der Waals surface area contributed by atoms with Gasteiger partial charge in [0.15, 0.2) is 6.61 Å². The van der Waals surface area contributed by atoms with Gasteiger partial charge in [-0.25, -0.2) is 5.10 Å². The third-order valence-electron chi connectivity index (χ3n) is 4.16. The van der Waals surface area contributed by atoms with E-state index in [1.54, 1.807) is 36.4 Å². The van der Waals surface area contributed by atoms with Crippen molar-refractivity contribution >= 4 is 22.5 Å². The van der Waals surface area contributed by atoms with Gasteiger partial charge in [0.05, 0.1) is 37.3 Å². The van der Waals surface area contributed by atoms with Gasteiger partial charge in [-0.05, 0) is 24.3 Å². The Balaban J connectivity index is 1.71. The van der Waals surface area contributed by atoms with Gasteiger partial charge >= 0.3 is 5.97 Å². The molecule has 0 aliphatic heterocycles. The van der Waals surface area contributed by atoms with E-state index >= 15 is 0 Å². The number of carbonyl (C=O) groups is 2. The average molecular weight is 382 g/mol. The van der Waals surface area contributed by atoms with Crippen molar-refractivity contribution in [2.24, 2.45) is 0 Å². The topological polar surface area (TPSA) is 108 Å². The third kappa shape index (κ3) is 4.01. The summed E-state index contributed by atoms with van der Waals surface area (Å²) in [4.78, 5) is 36.4. The first-order valence-corrected chi connectivity index (χ1v) is 8.40. The number of aromatic amines is 1. The predicted molar refractivity (Wildman–Crippen MR) is 101 cm³/mol. The summed E-state index contributed by atoms with van der Waals surface area (Å²) in [7, 11) is 2.93. The number of H-pyrrole nitrogens is 1. The van der Waals surface area contributed by atoms with Gasteiger partial charge in [0.1, 0.15) is 11.5 Å². The monoisotopic (exact) mass is 382 g/mol. The second-order valence-electron chi connectivity index (χ2n) is 5.87. The number of rotatable bonds is 7. The molecular formula is C20H18N2O6. The Morgan fingerprint density at radius 1 is 1.04 bits per heavy atom. The van der Waals surface area contributed by atoms with Crippen molar-refractivity contribution in [3.8, 4) is 11.5 Å². The van der Waals surface area contributed by atoms with E-state index < -0.39 is 18.4 Å². The molecule has 0 amide bonds. The summed E-state index contributed by atoms with van der Waals surface area (Å²) in [5, 5.41) is 7.27. The van der Waals surface area contributed by atoms with Crippen molar-refractivity contribution in [2.45, 2.75) is 6.42 Å². The highest BCUT2D eigenvalue weighted by Gasteiger charge is 2.17. The summed E-state index contributed by atoms with van der Waals surface area (Å²) >= 11 is 0. The zero-order chi connectivity index (χ0) is 20.1. The Hall–Kier alpha value is -3.68. The number of benzene rings is 2. The van der Waals surface area contributed by atoms with Crippen LogP contribution in [0.1, 0.15) is 16.1 Å². The summed E-state index contributed by atoms with van der Waals surface area (Å²) in [5.74, 6) is -0.224. The standard InChI is InChI=1S/C20H18N2O6/c1-26-12-7-8-18(27-2)15(9-12)17(23)11-28-19(24)10-16-13-5-3-4-6-14(13)20(25)22-21-16/h3-9H,10-11H2,1-2H3,(H,22,25). The van der Waals surface area contributed by atoms with E-state index in [4.69, 9.17) is 14.2 Å². The number of nitrogens with one attached hydrogen (secondary N) is 1. The van der Waals surface area contributed by atoms with Gasteiger partial charge < -0.3 is 14.2 Å². The minimum Gasteiger partial charge on any atom is -0.497 e. The van der Waals surface area contributed by atoms with Crippen LogP contribution in [0.2, 0.25) is 0 Å². The number of Topliss-reactive ketones (excluding diaryl/α,β-unsaturated/α-hetero) is 1. The van der Waals surface area contributed by atoms with Gasteiger partial charge in [-0.2, -0.15) is 5.10 Å². The quantitative estimate of drug-likeness (QED) is 0.491. The molecule has 0 saturated heterocycles. The average Bonchev–Trinajstić information content (AvgIpc) is 2.73. The minimum absolute atomic E-state index is 0.181. The zero-order valence-electron chi connectivity index (χ0n) is 15.4. The molecule has 3 aromatic rings. The fourth-order valence-corrected chi connectivity index (χ4v) is 2.75. The second-order valence-corrected chi connectivity index (χ2v) is 5.87. The molecule has 1 heterocycles. The molecule has 0 aliphatic rings. The van der Waals surface area contributed by atoms with E-state index in [1.165, 1.54) is 20.3 Å². The normalized spacial score (nSPS) is 10.5. The SMILES string of the molecule is COc1ccc(OC)c(C(=O)COC(=O)Cc2n[nH]c(=O)c3ccccc23)c1. The third-order valence-corrected chi connectivity index (χ3v) is 4.16. The lowest BCUT2D eigenvalue weighted by atomic mass is 10.1. The Morgan fingerprint density at radius 3 is 2.50 bits per heavy atom. The predicted octanol–water partition coefficient (Wildman–Crippen LogP) is 1.91. The molecule has 0 bridgehead atoms. The summed E-state index contributed by atoms with van der Waals surface area (Å²) in [6, 6.07) is 11.6. The van der Waals surface area contributed by atoms with Crippen molar-refractivity contribution < 1.29 is 23.8 Å². The number of esters is 1. The fourth-order valence-electron chi connectivity index (χ4n) is 2.75. The molecule has 0 atom stereocenters. The maximum atomic E-state index is 12.4. The molecule has 8 heteroatoms. The van der Waals surface area contributed by atoms with Crippen LogP contribution in [0.5, 0.6) is 11.5 Å². The van der Waals surface area contributed by atoms with Crippen LogP contribution in [-0.4, -0.2) is 42.8 Å². The van der Waals surface area contributed by atoms with Gasteiger partial charge in [0.25, 0.3) is 5.56 Å². The van der Waals surface area contributed by atoms with E-state index in [-0.39, 0.29) is 17.5 Å². The first-order chi connectivity index (χ1) is 13.5. The highest BCUT2D eigenvalue weighted by molar-refractivity contribution is 6.01. The highest BCUT2D eigenvalue weighted by Crippen LogP contribution is 2.24. The highest BCUT2D eigenvalue weighted by atomic mass is 16.5. The van der Waals surface area contributed by atoms with Crippen molar-refractivity contribution in [3.63, 3.8) is 0 Å². The second kappa shape index (κ2) is 8.34. The number of hydrogen-bond acceptors (Lipinski definition) is 7. The van der Waals surface area contributed by atoms with Gasteiger partial charge in [-0.15, -0.1) is 0 Å². The largest absolute Gasteiger partial charge is 0.497 e. The van der Waals surface area contributed by atoms with Crippen LogP contribution in [0.4, 0.5) is 0 Å². The number of aromatic nitrogens is 2. The molecule has 1 aromatic heterocycles. The summed E-state index contributed by atoms with van der Waals surface area (Å²) in [6.45, 7) is -0.455. The molecule has 0 unspecified atom stereocenters. The number of carbonyl (C=O) groups excluding carboxylic acids is 2. The Bertz CT molecular complexity index is 1090. The molecule has 28 heavy (non-hydrogen) atoms. The van der Waals surface area contributed by atoms with E-state index in [1.807, 2.05) is 0 Å². The number of ketones is 1. The molecule has 0 fully saturated rings.